The van der Waals surface area contributed by atoms with Gasteiger partial charge in [0.25, 0.3) is 11.6 Å². The van der Waals surface area contributed by atoms with Crippen LogP contribution in [0.1, 0.15) is 37.7 Å². The van der Waals surface area contributed by atoms with Gasteiger partial charge in [-0.1, -0.05) is 20.8 Å². The van der Waals surface area contributed by atoms with Crippen LogP contribution in [0.5, 0.6) is 0 Å². The molecule has 25 heavy (non-hydrogen) atoms. The SMILES string of the molecule is CC(C)(C)CC(CO)NC(=O)c1ccn(-c2ccc([N+](=O)[O-])cc2)n1. The second-order valence-corrected chi connectivity index (χ2v) is 7.04. The molecule has 8 heteroatoms. The summed E-state index contributed by atoms with van der Waals surface area (Å²) in [5.41, 5.74) is 0.782. The zero-order chi connectivity index (χ0) is 18.6. The standard InChI is InChI=1S/C17H22N4O4/c1-17(2,3)10-12(11-22)18-16(23)15-8-9-20(19-15)13-4-6-14(7-5-13)21(24)25/h4-9,12,22H,10-11H2,1-3H3,(H,18,23). The molecule has 0 fully saturated rings. The Balaban J connectivity index is 2.09. The van der Waals surface area contributed by atoms with Crippen molar-refractivity contribution >= 4 is 11.6 Å². The number of aliphatic hydroxyl groups excluding tert-OH is 1. The van der Waals surface area contributed by atoms with E-state index in [1.54, 1.807) is 24.4 Å². The van der Waals surface area contributed by atoms with Crippen LogP contribution in [-0.4, -0.2) is 38.4 Å². The van der Waals surface area contributed by atoms with Crippen LogP contribution in [0.4, 0.5) is 5.69 Å². The highest BCUT2D eigenvalue weighted by molar-refractivity contribution is 5.92. The van der Waals surface area contributed by atoms with Gasteiger partial charge in [-0.05, 0) is 30.0 Å². The van der Waals surface area contributed by atoms with Crippen LogP contribution in [0.15, 0.2) is 36.5 Å². The quantitative estimate of drug-likeness (QED) is 0.616. The van der Waals surface area contributed by atoms with Crippen molar-refractivity contribution in [3.05, 3.63) is 52.3 Å². The molecule has 0 aliphatic carbocycles. The van der Waals surface area contributed by atoms with Crippen molar-refractivity contribution in [2.75, 3.05) is 6.61 Å². The fourth-order valence-corrected chi connectivity index (χ4v) is 2.48. The molecule has 1 aromatic heterocycles. The number of nitrogens with one attached hydrogen (secondary N) is 1. The Morgan fingerprint density at radius 2 is 1.96 bits per heavy atom. The van der Waals surface area contributed by atoms with Gasteiger partial charge < -0.3 is 10.4 Å². The molecule has 0 bridgehead atoms. The summed E-state index contributed by atoms with van der Waals surface area (Å²) in [5.74, 6) is -0.371. The Hall–Kier alpha value is -2.74. The summed E-state index contributed by atoms with van der Waals surface area (Å²) in [6.45, 7) is 5.95. The third-order valence-corrected chi connectivity index (χ3v) is 3.56. The minimum atomic E-state index is -0.476. The number of amides is 1. The summed E-state index contributed by atoms with van der Waals surface area (Å²) in [5, 5.41) is 27.1. The van der Waals surface area contributed by atoms with Crippen LogP contribution in [0.3, 0.4) is 0 Å². The zero-order valence-corrected chi connectivity index (χ0v) is 14.5. The minimum Gasteiger partial charge on any atom is -0.394 e. The molecule has 0 radical (unpaired) electrons. The van der Waals surface area contributed by atoms with Crippen molar-refractivity contribution in [1.82, 2.24) is 15.1 Å². The van der Waals surface area contributed by atoms with E-state index in [0.717, 1.165) is 0 Å². The van der Waals surface area contributed by atoms with Gasteiger partial charge in [-0.3, -0.25) is 14.9 Å². The number of aromatic nitrogens is 2. The summed E-state index contributed by atoms with van der Waals surface area (Å²) < 4.78 is 1.47. The van der Waals surface area contributed by atoms with Crippen molar-refractivity contribution in [2.24, 2.45) is 5.41 Å². The number of nitro benzene ring substituents is 1. The van der Waals surface area contributed by atoms with Crippen molar-refractivity contribution < 1.29 is 14.8 Å². The second-order valence-electron chi connectivity index (χ2n) is 7.04. The number of carbonyl (C=O) groups is 1. The molecule has 0 aliphatic heterocycles. The Kier molecular flexibility index (Phi) is 5.53. The summed E-state index contributed by atoms with van der Waals surface area (Å²) in [7, 11) is 0. The van der Waals surface area contributed by atoms with E-state index in [4.69, 9.17) is 0 Å². The third kappa shape index (κ3) is 5.12. The monoisotopic (exact) mass is 346 g/mol. The first-order valence-electron chi connectivity index (χ1n) is 7.92. The highest BCUT2D eigenvalue weighted by atomic mass is 16.6. The van der Waals surface area contributed by atoms with Gasteiger partial charge in [-0.25, -0.2) is 4.68 Å². The van der Waals surface area contributed by atoms with Gasteiger partial charge in [0, 0.05) is 18.3 Å². The summed E-state index contributed by atoms with van der Waals surface area (Å²) in [4.78, 5) is 22.5. The highest BCUT2D eigenvalue weighted by Crippen LogP contribution is 2.21. The van der Waals surface area contributed by atoms with E-state index in [0.29, 0.717) is 12.1 Å². The third-order valence-electron chi connectivity index (χ3n) is 3.56. The van der Waals surface area contributed by atoms with Crippen LogP contribution < -0.4 is 5.32 Å². The lowest BCUT2D eigenvalue weighted by Gasteiger charge is -2.25. The maximum Gasteiger partial charge on any atom is 0.272 e. The van der Waals surface area contributed by atoms with E-state index in [-0.39, 0.29) is 35.4 Å². The first-order chi connectivity index (χ1) is 11.7. The Morgan fingerprint density at radius 3 is 2.48 bits per heavy atom. The molecule has 134 valence electrons. The van der Waals surface area contributed by atoms with E-state index in [9.17, 15) is 20.0 Å². The number of hydrogen-bond acceptors (Lipinski definition) is 5. The largest absolute Gasteiger partial charge is 0.394 e. The van der Waals surface area contributed by atoms with Crippen molar-refractivity contribution in [3.63, 3.8) is 0 Å². The molecular weight excluding hydrogens is 324 g/mol. The number of rotatable bonds is 6. The number of non-ortho nitro benzene ring substituents is 1. The average molecular weight is 346 g/mol. The summed E-state index contributed by atoms with van der Waals surface area (Å²) in [6.07, 6.45) is 2.24. The van der Waals surface area contributed by atoms with E-state index < -0.39 is 4.92 Å². The van der Waals surface area contributed by atoms with Crippen molar-refractivity contribution in [3.8, 4) is 5.69 Å². The number of benzene rings is 1. The maximum absolute atomic E-state index is 12.3. The van der Waals surface area contributed by atoms with E-state index in [1.165, 1.54) is 16.8 Å². The topological polar surface area (TPSA) is 110 Å². The highest BCUT2D eigenvalue weighted by Gasteiger charge is 2.21. The van der Waals surface area contributed by atoms with Gasteiger partial charge in [-0.2, -0.15) is 5.10 Å². The predicted molar refractivity (Wildman–Crippen MR) is 92.6 cm³/mol. The molecule has 2 N–H and O–H groups in total. The second kappa shape index (κ2) is 7.43. The molecule has 2 rings (SSSR count). The number of nitrogens with zero attached hydrogens (tertiary/aromatic N) is 3. The van der Waals surface area contributed by atoms with Crippen LogP contribution in [0, 0.1) is 15.5 Å². The van der Waals surface area contributed by atoms with Crippen LogP contribution in [0.2, 0.25) is 0 Å². The van der Waals surface area contributed by atoms with Gasteiger partial charge in [-0.15, -0.1) is 0 Å². The Labute approximate surface area is 145 Å². The van der Waals surface area contributed by atoms with Gasteiger partial charge >= 0.3 is 0 Å². The minimum absolute atomic E-state index is 0.0122. The van der Waals surface area contributed by atoms with Crippen LogP contribution in [0.25, 0.3) is 5.69 Å². The fourth-order valence-electron chi connectivity index (χ4n) is 2.48. The lowest BCUT2D eigenvalue weighted by molar-refractivity contribution is -0.384. The van der Waals surface area contributed by atoms with Gasteiger partial charge in [0.1, 0.15) is 0 Å². The molecule has 1 atom stereocenters. The van der Waals surface area contributed by atoms with Gasteiger partial charge in [0.2, 0.25) is 0 Å². The molecule has 0 saturated carbocycles. The lowest BCUT2D eigenvalue weighted by atomic mass is 9.88. The summed E-state index contributed by atoms with van der Waals surface area (Å²) >= 11 is 0. The van der Waals surface area contributed by atoms with Crippen molar-refractivity contribution in [2.45, 2.75) is 33.2 Å². The Morgan fingerprint density at radius 1 is 1.32 bits per heavy atom. The van der Waals surface area contributed by atoms with Crippen LogP contribution >= 0.6 is 0 Å². The molecular formula is C17H22N4O4. The smallest absolute Gasteiger partial charge is 0.272 e. The van der Waals surface area contributed by atoms with Gasteiger partial charge in [0.05, 0.1) is 23.3 Å². The average Bonchev–Trinajstić information content (AvgIpc) is 3.03. The Bertz CT molecular complexity index is 747. The number of nitro groups is 1. The van der Waals surface area contributed by atoms with Crippen LogP contribution in [-0.2, 0) is 0 Å². The molecule has 0 spiro atoms. The first kappa shape index (κ1) is 18.6. The number of aliphatic hydroxyl groups is 1. The van der Waals surface area contributed by atoms with E-state index >= 15 is 0 Å². The number of hydrogen-bond donors (Lipinski definition) is 2. The van der Waals surface area contributed by atoms with E-state index in [2.05, 4.69) is 10.4 Å². The molecule has 8 nitrogen and oxygen atoms in total. The molecule has 2 aromatic rings. The predicted octanol–water partition coefficient (Wildman–Crippen LogP) is 2.31. The molecule has 1 aromatic carbocycles. The normalized spacial score (nSPS) is 12.6. The summed E-state index contributed by atoms with van der Waals surface area (Å²) in [6, 6.07) is 7.08. The molecule has 0 saturated heterocycles. The zero-order valence-electron chi connectivity index (χ0n) is 14.5. The lowest BCUT2D eigenvalue weighted by Crippen LogP contribution is -2.40. The van der Waals surface area contributed by atoms with Crippen molar-refractivity contribution in [1.29, 1.82) is 0 Å². The fraction of sp³-hybridized carbons (Fsp3) is 0.412. The molecule has 1 amide bonds. The van der Waals surface area contributed by atoms with Gasteiger partial charge in [0.15, 0.2) is 5.69 Å². The van der Waals surface area contributed by atoms with E-state index in [1.807, 2.05) is 20.8 Å². The molecule has 0 aliphatic rings. The number of carbonyl (C=O) groups excluding carboxylic acids is 1. The first-order valence-corrected chi connectivity index (χ1v) is 7.92. The molecule has 1 unspecified atom stereocenters. The molecule has 1 heterocycles. The maximum atomic E-state index is 12.3.